The predicted molar refractivity (Wildman–Crippen MR) is 515 cm³/mol. The number of nitrogens with zero attached hydrogens (tertiary/aromatic N) is 13. The van der Waals surface area contributed by atoms with Crippen molar-refractivity contribution >= 4 is 139 Å². The standard InChI is InChI=1S/C31H30Cl2N8O3S.C31H31Cl2N7OS.C30H29Cl2N7OS/c1-20-6-8-21(9-7-20)10-12-23-13-15-27(45-23)29-24(19-35-31(34-2)38-41(43)44)28(30(42)37-39-16-4-3-5-17-39)36-40(29)26-14-11-22(32)18-25(26)33;1-20-6-8-21(9-7-20)10-12-23-13-15-27(42-23)29-24(19-36-31(34)35-2)28(30(41)38-39-16-4-3-5-17-39)37-40(29)26-14-11-22(32)18-25(26)33;1-19-5-7-20(8-6-19)9-11-22-12-14-26(41-22)28-23(18-35-30(33)34)27(29(40)37-38-15-3-2-4-16-38)36-39(28)25-13-10-21(31)17-24(25)32/h6-9,11,13-15,18H,3-5,16-17,19H2,1-2H3,(H,37,42)(H2,34,35,38);6-9,11,13-15,18H,3-5,16-17,19H2,1-2H3,(H,38,41)(H3,34,35,36);5-8,10,12-14,17H,2-4,15-16,18H2,1H3,(H,37,40)(H4,33,34,35). The number of hydrogen-bond donors (Lipinski definition) is 9. The molecule has 3 amide bonds. The predicted octanol–water partition coefficient (Wildman–Crippen LogP) is 16.9. The van der Waals surface area contributed by atoms with Gasteiger partial charge in [0.05, 0.1) is 85.0 Å². The Morgan fingerprint density at radius 3 is 1.07 bits per heavy atom. The second kappa shape index (κ2) is 44.6. The van der Waals surface area contributed by atoms with E-state index in [0.717, 1.165) is 149 Å². The molecule has 0 atom stereocenters. The summed E-state index contributed by atoms with van der Waals surface area (Å²) >= 11 is 43.0. The number of hydrogen-bond acceptors (Lipinski definition) is 16. The average molecular weight is 1890 g/mol. The molecule has 9 heterocycles. The zero-order chi connectivity index (χ0) is 90.5. The van der Waals surface area contributed by atoms with Crippen molar-refractivity contribution < 1.29 is 19.4 Å². The summed E-state index contributed by atoms with van der Waals surface area (Å²) in [4.78, 5) is 65.5. The van der Waals surface area contributed by atoms with E-state index in [2.05, 4.69) is 82.8 Å². The van der Waals surface area contributed by atoms with Crippen molar-refractivity contribution in [1.82, 2.24) is 76.6 Å². The van der Waals surface area contributed by atoms with Crippen molar-refractivity contribution in [2.75, 3.05) is 53.4 Å². The monoisotopic (exact) mass is 1890 g/mol. The number of guanidine groups is 3. The Balaban J connectivity index is 0.000000164. The van der Waals surface area contributed by atoms with Crippen molar-refractivity contribution in [3.8, 4) is 84.3 Å². The van der Waals surface area contributed by atoms with Gasteiger partial charge in [-0.1, -0.05) is 177 Å². The van der Waals surface area contributed by atoms with Crippen molar-refractivity contribution in [2.45, 2.75) is 98.2 Å². The van der Waals surface area contributed by atoms with Gasteiger partial charge in [-0.25, -0.2) is 44.2 Å². The molecule has 3 saturated heterocycles. The van der Waals surface area contributed by atoms with Crippen molar-refractivity contribution in [3.05, 3.63) is 286 Å². The molecule has 0 aliphatic carbocycles. The van der Waals surface area contributed by atoms with Crippen LogP contribution in [0.5, 0.6) is 0 Å². The van der Waals surface area contributed by atoms with Gasteiger partial charge in [0.1, 0.15) is 5.10 Å². The Kier molecular flexibility index (Phi) is 32.6. The van der Waals surface area contributed by atoms with Gasteiger partial charge in [0.25, 0.3) is 23.7 Å². The van der Waals surface area contributed by atoms with Crippen LogP contribution in [0.25, 0.3) is 48.8 Å². The summed E-state index contributed by atoms with van der Waals surface area (Å²) in [6.45, 7) is 11.0. The molecule has 36 heteroatoms. The van der Waals surface area contributed by atoms with E-state index in [1.807, 2.05) is 145 Å². The third-order valence-electron chi connectivity index (χ3n) is 20.5. The molecule has 3 aliphatic rings. The smallest absolute Gasteiger partial charge is 0.286 e. The molecule has 6 aromatic carbocycles. The molecule has 6 aromatic heterocycles. The van der Waals surface area contributed by atoms with E-state index in [4.69, 9.17) is 102 Å². The van der Waals surface area contributed by atoms with Crippen LogP contribution < -0.4 is 49.4 Å². The number of hydrazine groups is 3. The molecular weight excluding hydrogens is 1800 g/mol. The van der Waals surface area contributed by atoms with Crippen LogP contribution in [0.4, 0.5) is 0 Å². The van der Waals surface area contributed by atoms with E-state index in [0.29, 0.717) is 81.0 Å². The molecular formula is C92H90Cl6N22O5S3. The summed E-state index contributed by atoms with van der Waals surface area (Å²) < 4.78 is 4.96. The third kappa shape index (κ3) is 24.8. The Labute approximate surface area is 783 Å². The number of nitrogens with two attached hydrogens (primary N) is 3. The number of carbonyl (C=O) groups excluding carboxylic acids is 3. The molecule has 0 unspecified atom stereocenters. The number of nitro groups is 1. The third-order valence-corrected chi connectivity index (χ3v) is 25.1. The molecule has 12 N–H and O–H groups in total. The Hall–Kier alpha value is -12.0. The SMILES string of the molecule is CN/C(=N\[N+](=O)[O-])NCc1c(C(=O)NN2CCCCC2)nn(-c2ccc(Cl)cc2Cl)c1-c1ccc(C#Cc2ccc(C)cc2)s1.CN=C(N)NCc1c(C(=O)NN2CCCCC2)nn(-c2ccc(Cl)cc2Cl)c1-c1ccc(C#Cc2ccc(C)cc2)s1.Cc1ccc(C#Cc2ccc(-c3c(CN=C(N)N)c(C(=O)NN4CCCCC4)nn3-c3ccc(Cl)cc3Cl)s2)cc1. The molecule has 0 spiro atoms. The number of nitrogens with one attached hydrogen (secondary N) is 6. The number of amides is 3. The normalized spacial score (nSPS) is 13.6. The van der Waals surface area contributed by atoms with Crippen LogP contribution in [0.1, 0.15) is 154 Å². The number of piperidine rings is 3. The first-order chi connectivity index (χ1) is 61.8. The highest BCUT2D eigenvalue weighted by Gasteiger charge is 2.33. The molecule has 658 valence electrons. The fourth-order valence-corrected chi connectivity index (χ4v) is 18.2. The van der Waals surface area contributed by atoms with Gasteiger partial charge in [-0.3, -0.25) is 35.7 Å². The van der Waals surface area contributed by atoms with E-state index < -0.39 is 10.9 Å². The molecule has 0 radical (unpaired) electrons. The molecule has 0 saturated carbocycles. The number of aryl methyl sites for hydroxylation is 3. The lowest BCUT2D eigenvalue weighted by atomic mass is 10.1. The zero-order valence-corrected chi connectivity index (χ0v) is 77.4. The minimum absolute atomic E-state index is 0.0148. The van der Waals surface area contributed by atoms with Gasteiger partial charge in [-0.2, -0.15) is 15.3 Å². The summed E-state index contributed by atoms with van der Waals surface area (Å²) in [5, 5.41) is 45.1. The van der Waals surface area contributed by atoms with Gasteiger partial charge < -0.3 is 33.2 Å². The number of aromatic nitrogens is 6. The first-order valence-electron chi connectivity index (χ1n) is 40.9. The first-order valence-corrected chi connectivity index (χ1v) is 45.7. The van der Waals surface area contributed by atoms with E-state index >= 15 is 0 Å². The van der Waals surface area contributed by atoms with Crippen LogP contribution in [-0.4, -0.2) is 138 Å². The van der Waals surface area contributed by atoms with Gasteiger partial charge in [-0.05, 0) is 187 Å². The van der Waals surface area contributed by atoms with Crippen molar-refractivity contribution in [1.29, 1.82) is 0 Å². The van der Waals surface area contributed by atoms with Gasteiger partial charge in [0.15, 0.2) is 34.0 Å². The highest BCUT2D eigenvalue weighted by molar-refractivity contribution is 7.16. The minimum Gasteiger partial charge on any atom is -0.370 e. The number of carbonyl (C=O) groups is 3. The topological polar surface area (TPSA) is 345 Å². The van der Waals surface area contributed by atoms with E-state index in [1.54, 1.807) is 75.7 Å². The highest BCUT2D eigenvalue weighted by atomic mass is 35.5. The van der Waals surface area contributed by atoms with Crippen molar-refractivity contribution in [2.24, 2.45) is 32.3 Å². The summed E-state index contributed by atoms with van der Waals surface area (Å²) in [5.74, 6) is 18.4. The molecule has 0 bridgehead atoms. The van der Waals surface area contributed by atoms with Crippen LogP contribution in [0.3, 0.4) is 0 Å². The quantitative estimate of drug-likeness (QED) is 0.0119. The van der Waals surface area contributed by atoms with Gasteiger partial charge in [0, 0.05) is 115 Å². The van der Waals surface area contributed by atoms with Crippen LogP contribution >= 0.6 is 104 Å². The summed E-state index contributed by atoms with van der Waals surface area (Å²) in [6.07, 6.45) is 9.43. The number of hydrazone groups is 1. The lowest BCUT2D eigenvalue weighted by molar-refractivity contribution is -0.485. The fraction of sp³-hybridized carbons (Fsp3) is 0.250. The number of rotatable bonds is 19. The molecule has 128 heavy (non-hydrogen) atoms. The molecule has 12 aromatic rings. The van der Waals surface area contributed by atoms with Gasteiger partial charge >= 0.3 is 0 Å². The Morgan fingerprint density at radius 1 is 0.445 bits per heavy atom. The van der Waals surface area contributed by atoms with Crippen molar-refractivity contribution in [3.63, 3.8) is 0 Å². The van der Waals surface area contributed by atoms with E-state index in [9.17, 15) is 24.5 Å². The maximum absolute atomic E-state index is 13.8. The zero-order valence-electron chi connectivity index (χ0n) is 70.4. The van der Waals surface area contributed by atoms with Crippen LogP contribution in [0, 0.1) is 66.4 Å². The molecule has 3 aliphatic heterocycles. The average Bonchev–Trinajstić information content (AvgIpc) is 1.62. The van der Waals surface area contributed by atoms with Gasteiger partial charge in [-0.15, -0.1) is 34.0 Å². The number of thiophene rings is 3. The molecule has 3 fully saturated rings. The largest absolute Gasteiger partial charge is 0.370 e. The molecule has 27 nitrogen and oxygen atoms in total. The second-order valence-electron chi connectivity index (χ2n) is 29.8. The number of halogens is 6. The van der Waals surface area contributed by atoms with E-state index in [1.165, 1.54) is 52.2 Å². The van der Waals surface area contributed by atoms with Gasteiger partial charge in [0.2, 0.25) is 0 Å². The first kappa shape index (κ1) is 93.6. The highest BCUT2D eigenvalue weighted by Crippen LogP contribution is 2.41. The van der Waals surface area contributed by atoms with E-state index in [-0.39, 0.29) is 66.4 Å². The van der Waals surface area contributed by atoms with Crippen LogP contribution in [0.2, 0.25) is 30.1 Å². The maximum Gasteiger partial charge on any atom is 0.286 e. The second-order valence-corrected chi connectivity index (χ2v) is 35.6. The summed E-state index contributed by atoms with van der Waals surface area (Å²) in [5.41, 5.74) is 38.6. The number of aliphatic imine (C=N–C) groups is 2. The Morgan fingerprint density at radius 2 is 0.766 bits per heavy atom. The maximum atomic E-state index is 13.8. The molecule has 15 rings (SSSR count). The fourth-order valence-electron chi connectivity index (χ4n) is 14.0. The minimum atomic E-state index is -0.807. The Bertz CT molecular complexity index is 6340. The summed E-state index contributed by atoms with van der Waals surface area (Å²) in [7, 11) is 3.11. The number of benzene rings is 6. The lowest BCUT2D eigenvalue weighted by Gasteiger charge is -2.26. The lowest BCUT2D eigenvalue weighted by Crippen LogP contribution is -2.45. The van der Waals surface area contributed by atoms with Crippen LogP contribution in [-0.2, 0) is 19.6 Å². The van der Waals surface area contributed by atoms with Crippen LogP contribution in [0.15, 0.2) is 179 Å². The summed E-state index contributed by atoms with van der Waals surface area (Å²) in [6, 6.07) is 51.1.